The lowest BCUT2D eigenvalue weighted by atomic mass is 10.2. The van der Waals surface area contributed by atoms with Crippen molar-refractivity contribution in [1.82, 2.24) is 20.1 Å². The highest BCUT2D eigenvalue weighted by Crippen LogP contribution is 2.21. The Balaban J connectivity index is 0.00000450. The quantitative estimate of drug-likeness (QED) is 0.273. The molecule has 1 aromatic carbocycles. The average molecular weight is 546 g/mol. The van der Waals surface area contributed by atoms with Crippen LogP contribution >= 0.6 is 35.3 Å². The van der Waals surface area contributed by atoms with E-state index in [9.17, 15) is 0 Å². The highest BCUT2D eigenvalue weighted by molar-refractivity contribution is 14.0. The first-order chi connectivity index (χ1) is 13.9. The molecule has 0 aliphatic rings. The van der Waals surface area contributed by atoms with E-state index in [0.29, 0.717) is 12.6 Å². The molecule has 0 bridgehead atoms. The number of halogens is 1. The van der Waals surface area contributed by atoms with Gasteiger partial charge in [0.05, 0.1) is 18.8 Å². The van der Waals surface area contributed by atoms with Crippen LogP contribution in [-0.4, -0.2) is 61.1 Å². The molecule has 0 amide bonds. The standard InChI is InChI=1S/C22H35N5OS.HI/c1-7-23-22(27(5)15-20-16-29-21(25-20)18(3)28-6)24-13-17(2)26(4)14-19-11-9-8-10-12-19;/h8-12,16-18H,7,13-15H2,1-6H3,(H,23,24);1H. The van der Waals surface area contributed by atoms with Gasteiger partial charge in [-0.25, -0.2) is 4.98 Å². The van der Waals surface area contributed by atoms with E-state index >= 15 is 0 Å². The third-order valence-corrected chi connectivity index (χ3v) is 5.95. The van der Waals surface area contributed by atoms with Gasteiger partial charge in [-0.3, -0.25) is 9.89 Å². The van der Waals surface area contributed by atoms with Gasteiger partial charge in [-0.05, 0) is 33.4 Å². The number of aliphatic imine (C=N–C) groups is 1. The van der Waals surface area contributed by atoms with Crippen LogP contribution in [0.2, 0.25) is 0 Å². The number of nitrogens with one attached hydrogen (secondary N) is 1. The molecular formula is C22H36IN5OS. The summed E-state index contributed by atoms with van der Waals surface area (Å²) < 4.78 is 5.36. The van der Waals surface area contributed by atoms with E-state index in [1.807, 2.05) is 6.92 Å². The van der Waals surface area contributed by atoms with Gasteiger partial charge in [0, 0.05) is 38.7 Å². The highest BCUT2D eigenvalue weighted by atomic mass is 127. The van der Waals surface area contributed by atoms with Crippen LogP contribution in [0.3, 0.4) is 0 Å². The van der Waals surface area contributed by atoms with Crippen molar-refractivity contribution in [3.63, 3.8) is 0 Å². The Morgan fingerprint density at radius 2 is 1.90 bits per heavy atom. The minimum absolute atomic E-state index is 0. The average Bonchev–Trinajstić information content (AvgIpc) is 3.19. The number of rotatable bonds is 10. The molecular weight excluding hydrogens is 509 g/mol. The van der Waals surface area contributed by atoms with E-state index in [1.54, 1.807) is 18.4 Å². The van der Waals surface area contributed by atoms with Crippen molar-refractivity contribution < 1.29 is 4.74 Å². The molecule has 2 unspecified atom stereocenters. The molecule has 0 saturated heterocycles. The third-order valence-electron chi connectivity index (χ3n) is 4.90. The summed E-state index contributed by atoms with van der Waals surface area (Å²) in [7, 11) is 5.92. The second-order valence-electron chi connectivity index (χ2n) is 7.36. The monoisotopic (exact) mass is 545 g/mol. The van der Waals surface area contributed by atoms with Gasteiger partial charge in [0.1, 0.15) is 11.1 Å². The Labute approximate surface area is 202 Å². The zero-order valence-electron chi connectivity index (χ0n) is 19.0. The Morgan fingerprint density at radius 3 is 2.53 bits per heavy atom. The van der Waals surface area contributed by atoms with Crippen LogP contribution < -0.4 is 5.32 Å². The molecule has 6 nitrogen and oxygen atoms in total. The van der Waals surface area contributed by atoms with Crippen molar-refractivity contribution in [2.24, 2.45) is 4.99 Å². The van der Waals surface area contributed by atoms with E-state index in [-0.39, 0.29) is 30.1 Å². The third kappa shape index (κ3) is 8.49. The first kappa shape index (κ1) is 26.8. The van der Waals surface area contributed by atoms with Gasteiger partial charge in [-0.2, -0.15) is 0 Å². The second-order valence-corrected chi connectivity index (χ2v) is 8.25. The van der Waals surface area contributed by atoms with Crippen molar-refractivity contribution in [1.29, 1.82) is 0 Å². The fraction of sp³-hybridized carbons (Fsp3) is 0.545. The summed E-state index contributed by atoms with van der Waals surface area (Å²) in [5, 5.41) is 6.50. The summed E-state index contributed by atoms with van der Waals surface area (Å²) >= 11 is 1.64. The Hall–Kier alpha value is -1.23. The van der Waals surface area contributed by atoms with Crippen molar-refractivity contribution in [2.75, 3.05) is 34.3 Å². The molecule has 2 atom stereocenters. The number of thiazole rings is 1. The van der Waals surface area contributed by atoms with Gasteiger partial charge in [0.2, 0.25) is 0 Å². The largest absolute Gasteiger partial charge is 0.375 e. The molecule has 1 heterocycles. The summed E-state index contributed by atoms with van der Waals surface area (Å²) in [6.45, 7) is 9.53. The number of ether oxygens (including phenoxy) is 1. The molecule has 1 aromatic heterocycles. The topological polar surface area (TPSA) is 53.0 Å². The van der Waals surface area contributed by atoms with E-state index in [0.717, 1.165) is 36.3 Å². The lowest BCUT2D eigenvalue weighted by molar-refractivity contribution is 0.119. The SMILES string of the molecule is CCNC(=NCC(C)N(C)Cc1ccccc1)N(C)Cc1csc(C(C)OC)n1.I. The van der Waals surface area contributed by atoms with Crippen LogP contribution in [-0.2, 0) is 17.8 Å². The van der Waals surface area contributed by atoms with Crippen LogP contribution in [0.4, 0.5) is 0 Å². The van der Waals surface area contributed by atoms with Gasteiger partial charge in [-0.1, -0.05) is 30.3 Å². The van der Waals surface area contributed by atoms with E-state index < -0.39 is 0 Å². The van der Waals surface area contributed by atoms with Crippen LogP contribution in [0, 0.1) is 0 Å². The molecule has 2 rings (SSSR count). The number of hydrogen-bond acceptors (Lipinski definition) is 5. The normalized spacial score (nSPS) is 13.6. The molecule has 0 spiro atoms. The Morgan fingerprint density at radius 1 is 1.20 bits per heavy atom. The Bertz CT molecular complexity index is 755. The van der Waals surface area contributed by atoms with Crippen molar-refractivity contribution in [3.05, 3.63) is 52.0 Å². The molecule has 0 aliphatic carbocycles. The van der Waals surface area contributed by atoms with Crippen LogP contribution in [0.1, 0.15) is 43.1 Å². The number of likely N-dealkylation sites (N-methyl/N-ethyl adjacent to an activating group) is 1. The molecule has 0 saturated carbocycles. The lowest BCUT2D eigenvalue weighted by Gasteiger charge is -2.25. The number of benzene rings is 1. The number of nitrogens with zero attached hydrogens (tertiary/aromatic N) is 4. The molecule has 8 heteroatoms. The van der Waals surface area contributed by atoms with Crippen molar-refractivity contribution in [2.45, 2.75) is 46.0 Å². The smallest absolute Gasteiger partial charge is 0.194 e. The fourth-order valence-corrected chi connectivity index (χ4v) is 3.70. The van der Waals surface area contributed by atoms with Crippen molar-refractivity contribution in [3.8, 4) is 0 Å². The lowest BCUT2D eigenvalue weighted by Crippen LogP contribution is -2.40. The first-order valence-corrected chi connectivity index (χ1v) is 11.0. The Kier molecular flexibility index (Phi) is 12.5. The van der Waals surface area contributed by atoms with Gasteiger partial charge >= 0.3 is 0 Å². The molecule has 0 aliphatic heterocycles. The molecule has 168 valence electrons. The minimum Gasteiger partial charge on any atom is -0.375 e. The first-order valence-electron chi connectivity index (χ1n) is 10.1. The number of aromatic nitrogens is 1. The predicted molar refractivity (Wildman–Crippen MR) is 138 cm³/mol. The van der Waals surface area contributed by atoms with Crippen LogP contribution in [0.15, 0.2) is 40.7 Å². The van der Waals surface area contributed by atoms with Crippen LogP contribution in [0.5, 0.6) is 0 Å². The number of hydrogen-bond donors (Lipinski definition) is 1. The predicted octanol–water partition coefficient (Wildman–Crippen LogP) is 4.39. The highest BCUT2D eigenvalue weighted by Gasteiger charge is 2.14. The summed E-state index contributed by atoms with van der Waals surface area (Å²) in [6.07, 6.45) is 0.0296. The molecule has 1 N–H and O–H groups in total. The summed E-state index contributed by atoms with van der Waals surface area (Å²) in [6, 6.07) is 10.9. The summed E-state index contributed by atoms with van der Waals surface area (Å²) in [4.78, 5) is 14.0. The molecule has 0 radical (unpaired) electrons. The minimum atomic E-state index is 0. The second kappa shape index (κ2) is 14.0. The fourth-order valence-electron chi connectivity index (χ4n) is 2.86. The van der Waals surface area contributed by atoms with Crippen LogP contribution in [0.25, 0.3) is 0 Å². The summed E-state index contributed by atoms with van der Waals surface area (Å²) in [5.41, 5.74) is 2.36. The molecule has 2 aromatic rings. The maximum absolute atomic E-state index is 5.36. The molecule has 0 fully saturated rings. The van der Waals surface area contributed by atoms with Gasteiger partial charge in [0.25, 0.3) is 0 Å². The number of methoxy groups -OCH3 is 1. The maximum atomic E-state index is 5.36. The van der Waals surface area contributed by atoms with E-state index in [1.165, 1.54) is 5.56 Å². The van der Waals surface area contributed by atoms with Gasteiger partial charge in [0.15, 0.2) is 5.96 Å². The van der Waals surface area contributed by atoms with E-state index in [4.69, 9.17) is 14.7 Å². The van der Waals surface area contributed by atoms with Gasteiger partial charge < -0.3 is 15.0 Å². The number of guanidine groups is 1. The maximum Gasteiger partial charge on any atom is 0.194 e. The molecule has 30 heavy (non-hydrogen) atoms. The van der Waals surface area contributed by atoms with E-state index in [2.05, 4.69) is 78.8 Å². The van der Waals surface area contributed by atoms with Gasteiger partial charge in [-0.15, -0.1) is 35.3 Å². The summed E-state index contributed by atoms with van der Waals surface area (Å²) in [5.74, 6) is 0.904. The zero-order valence-corrected chi connectivity index (χ0v) is 22.1. The zero-order chi connectivity index (χ0) is 21.2. The van der Waals surface area contributed by atoms with Crippen molar-refractivity contribution >= 4 is 41.3 Å².